The van der Waals surface area contributed by atoms with Gasteiger partial charge in [-0.2, -0.15) is 5.26 Å². The molecule has 1 aliphatic rings. The van der Waals surface area contributed by atoms with Crippen LogP contribution in [0.3, 0.4) is 0 Å². The van der Waals surface area contributed by atoms with Gasteiger partial charge >= 0.3 is 0 Å². The maximum absolute atomic E-state index is 13.0. The van der Waals surface area contributed by atoms with Crippen LogP contribution >= 0.6 is 11.6 Å². The van der Waals surface area contributed by atoms with Gasteiger partial charge in [0.15, 0.2) is 6.61 Å². The molecular formula is C16H18ClFN2O2. The van der Waals surface area contributed by atoms with E-state index in [4.69, 9.17) is 16.3 Å². The molecule has 4 nitrogen and oxygen atoms in total. The van der Waals surface area contributed by atoms with E-state index in [0.29, 0.717) is 12.8 Å². The average molecular weight is 325 g/mol. The third kappa shape index (κ3) is 3.50. The van der Waals surface area contributed by atoms with Crippen LogP contribution in [0.2, 0.25) is 5.02 Å². The summed E-state index contributed by atoms with van der Waals surface area (Å²) in [6, 6.07) is 6.01. The smallest absolute Gasteiger partial charge is 0.261 e. The Kier molecular flexibility index (Phi) is 5.25. The number of carbonyl (C=O) groups is 1. The van der Waals surface area contributed by atoms with Crippen LogP contribution < -0.4 is 4.74 Å². The van der Waals surface area contributed by atoms with Crippen molar-refractivity contribution >= 4 is 17.5 Å². The first-order valence-electron chi connectivity index (χ1n) is 7.24. The largest absolute Gasteiger partial charge is 0.482 e. The van der Waals surface area contributed by atoms with Gasteiger partial charge in [-0.15, -0.1) is 0 Å². The average Bonchev–Trinajstić information content (AvgIpc) is 2.53. The molecule has 1 aromatic carbocycles. The molecule has 0 heterocycles. The first kappa shape index (κ1) is 16.6. The van der Waals surface area contributed by atoms with E-state index in [0.717, 1.165) is 25.3 Å². The summed E-state index contributed by atoms with van der Waals surface area (Å²) < 4.78 is 18.3. The molecule has 0 radical (unpaired) electrons. The number of hydrogen-bond acceptors (Lipinski definition) is 3. The van der Waals surface area contributed by atoms with Crippen LogP contribution in [0.1, 0.15) is 32.1 Å². The molecule has 0 saturated heterocycles. The standard InChI is InChI=1S/C16H18ClFN2O2/c1-20(16(11-19)7-3-2-4-8-16)15(21)10-22-14-6-5-12(18)9-13(14)17/h5-6,9H,2-4,7-8,10H2,1H3. The summed E-state index contributed by atoms with van der Waals surface area (Å²) in [5.41, 5.74) is -0.745. The Morgan fingerprint density at radius 3 is 2.73 bits per heavy atom. The molecule has 1 saturated carbocycles. The fraction of sp³-hybridized carbons (Fsp3) is 0.500. The molecule has 22 heavy (non-hydrogen) atoms. The predicted molar refractivity (Wildman–Crippen MR) is 81.1 cm³/mol. The quantitative estimate of drug-likeness (QED) is 0.851. The number of likely N-dealkylation sites (N-methyl/N-ethyl adjacent to an activating group) is 1. The van der Waals surface area contributed by atoms with Crippen LogP contribution in [0.15, 0.2) is 18.2 Å². The van der Waals surface area contributed by atoms with Crippen molar-refractivity contribution in [3.05, 3.63) is 29.0 Å². The van der Waals surface area contributed by atoms with Crippen molar-refractivity contribution < 1.29 is 13.9 Å². The van der Waals surface area contributed by atoms with Gasteiger partial charge < -0.3 is 9.64 Å². The number of halogens is 2. The van der Waals surface area contributed by atoms with Gasteiger partial charge in [0, 0.05) is 7.05 Å². The topological polar surface area (TPSA) is 53.3 Å². The molecule has 6 heteroatoms. The Hall–Kier alpha value is -1.80. The molecule has 1 aliphatic carbocycles. The van der Waals surface area contributed by atoms with Crippen molar-refractivity contribution in [2.24, 2.45) is 0 Å². The Bertz CT molecular complexity index is 594. The normalized spacial score (nSPS) is 16.6. The molecule has 0 unspecified atom stereocenters. The zero-order valence-electron chi connectivity index (χ0n) is 12.4. The van der Waals surface area contributed by atoms with Gasteiger partial charge in [0.05, 0.1) is 11.1 Å². The first-order chi connectivity index (χ1) is 10.5. The van der Waals surface area contributed by atoms with Crippen molar-refractivity contribution in [1.82, 2.24) is 4.90 Å². The Balaban J connectivity index is 2.00. The lowest BCUT2D eigenvalue weighted by atomic mass is 9.81. The van der Waals surface area contributed by atoms with E-state index in [2.05, 4.69) is 6.07 Å². The summed E-state index contributed by atoms with van der Waals surface area (Å²) in [7, 11) is 1.63. The van der Waals surface area contributed by atoms with Gasteiger partial charge in [0.2, 0.25) is 0 Å². The Morgan fingerprint density at radius 1 is 1.45 bits per heavy atom. The number of hydrogen-bond donors (Lipinski definition) is 0. The van der Waals surface area contributed by atoms with E-state index in [1.165, 1.54) is 17.0 Å². The lowest BCUT2D eigenvalue weighted by molar-refractivity contribution is -0.137. The number of nitrogens with zero attached hydrogens (tertiary/aromatic N) is 2. The second-order valence-electron chi connectivity index (χ2n) is 5.52. The van der Waals surface area contributed by atoms with Crippen LogP contribution in [0, 0.1) is 17.1 Å². The number of ether oxygens (including phenoxy) is 1. The molecule has 0 atom stereocenters. The summed E-state index contributed by atoms with van der Waals surface area (Å²) in [5.74, 6) is -0.505. The van der Waals surface area contributed by atoms with E-state index < -0.39 is 11.4 Å². The maximum Gasteiger partial charge on any atom is 0.261 e. The van der Waals surface area contributed by atoms with Crippen molar-refractivity contribution in [2.75, 3.05) is 13.7 Å². The molecule has 2 rings (SSSR count). The number of rotatable bonds is 4. The lowest BCUT2D eigenvalue weighted by Crippen LogP contribution is -2.51. The third-order valence-corrected chi connectivity index (χ3v) is 4.45. The lowest BCUT2D eigenvalue weighted by Gasteiger charge is -2.38. The highest BCUT2D eigenvalue weighted by molar-refractivity contribution is 6.32. The summed E-state index contributed by atoms with van der Waals surface area (Å²) >= 11 is 5.85. The number of benzene rings is 1. The van der Waals surface area contributed by atoms with Crippen molar-refractivity contribution in [2.45, 2.75) is 37.6 Å². The van der Waals surface area contributed by atoms with Crippen LogP contribution in [-0.4, -0.2) is 30.0 Å². The minimum Gasteiger partial charge on any atom is -0.482 e. The maximum atomic E-state index is 13.0. The summed E-state index contributed by atoms with van der Waals surface area (Å²) in [6.45, 7) is -0.231. The van der Waals surface area contributed by atoms with Gasteiger partial charge in [0.25, 0.3) is 5.91 Å². The highest BCUT2D eigenvalue weighted by Gasteiger charge is 2.38. The Labute approximate surface area is 134 Å². The fourth-order valence-electron chi connectivity index (χ4n) is 2.73. The second kappa shape index (κ2) is 6.97. The van der Waals surface area contributed by atoms with E-state index in [1.54, 1.807) is 7.05 Å². The van der Waals surface area contributed by atoms with Crippen LogP contribution in [0.25, 0.3) is 0 Å². The highest BCUT2D eigenvalue weighted by Crippen LogP contribution is 2.32. The van der Waals surface area contributed by atoms with Gasteiger partial charge in [0.1, 0.15) is 17.1 Å². The second-order valence-corrected chi connectivity index (χ2v) is 5.93. The van der Waals surface area contributed by atoms with Crippen LogP contribution in [0.4, 0.5) is 4.39 Å². The molecular weight excluding hydrogens is 307 g/mol. The highest BCUT2D eigenvalue weighted by atomic mass is 35.5. The number of amides is 1. The molecule has 0 N–H and O–H groups in total. The van der Waals surface area contributed by atoms with Crippen molar-refractivity contribution in [3.8, 4) is 11.8 Å². The molecule has 0 aliphatic heterocycles. The third-order valence-electron chi connectivity index (χ3n) is 4.15. The van der Waals surface area contributed by atoms with Gasteiger partial charge in [-0.25, -0.2) is 4.39 Å². The fourth-order valence-corrected chi connectivity index (χ4v) is 2.95. The molecule has 0 aromatic heterocycles. The van der Waals surface area contributed by atoms with Gasteiger partial charge in [-0.1, -0.05) is 30.9 Å². The monoisotopic (exact) mass is 324 g/mol. The minimum atomic E-state index is -0.745. The Morgan fingerprint density at radius 2 is 2.14 bits per heavy atom. The van der Waals surface area contributed by atoms with Gasteiger partial charge in [-0.3, -0.25) is 4.79 Å². The molecule has 1 amide bonds. The number of nitriles is 1. The van der Waals surface area contributed by atoms with Crippen LogP contribution in [0.5, 0.6) is 5.75 Å². The van der Waals surface area contributed by atoms with E-state index in [1.807, 2.05) is 0 Å². The number of carbonyl (C=O) groups excluding carboxylic acids is 1. The summed E-state index contributed by atoms with van der Waals surface area (Å²) in [5, 5.41) is 9.59. The van der Waals surface area contributed by atoms with Crippen LogP contribution in [-0.2, 0) is 4.79 Å². The van der Waals surface area contributed by atoms with Crippen molar-refractivity contribution in [3.63, 3.8) is 0 Å². The molecule has 0 bridgehead atoms. The molecule has 0 spiro atoms. The molecule has 1 aromatic rings. The predicted octanol–water partition coefficient (Wildman–Crippen LogP) is 3.54. The van der Waals surface area contributed by atoms with Gasteiger partial charge in [-0.05, 0) is 31.0 Å². The first-order valence-corrected chi connectivity index (χ1v) is 7.62. The van der Waals surface area contributed by atoms with E-state index in [-0.39, 0.29) is 23.3 Å². The SMILES string of the molecule is CN(C(=O)COc1ccc(F)cc1Cl)C1(C#N)CCCCC1. The minimum absolute atomic E-state index is 0.114. The zero-order chi connectivity index (χ0) is 16.2. The van der Waals surface area contributed by atoms with E-state index >= 15 is 0 Å². The summed E-state index contributed by atoms with van der Waals surface area (Å²) in [4.78, 5) is 13.8. The summed E-state index contributed by atoms with van der Waals surface area (Å²) in [6.07, 6.45) is 4.34. The zero-order valence-corrected chi connectivity index (χ0v) is 13.2. The molecule has 1 fully saturated rings. The van der Waals surface area contributed by atoms with Crippen molar-refractivity contribution in [1.29, 1.82) is 5.26 Å². The van der Waals surface area contributed by atoms with E-state index in [9.17, 15) is 14.4 Å². The molecule has 118 valence electrons.